The minimum Gasteiger partial charge on any atom is -0.469 e. The Balaban J connectivity index is 2.51. The summed E-state index contributed by atoms with van der Waals surface area (Å²) in [6, 6.07) is 5.89. The van der Waals surface area contributed by atoms with Gasteiger partial charge in [0, 0.05) is 17.8 Å². The van der Waals surface area contributed by atoms with Gasteiger partial charge in [-0.05, 0) is 36.6 Å². The van der Waals surface area contributed by atoms with E-state index in [4.69, 9.17) is 5.73 Å². The Morgan fingerprint density at radius 3 is 2.33 bits per heavy atom. The van der Waals surface area contributed by atoms with Crippen molar-refractivity contribution >= 4 is 23.5 Å². The first kappa shape index (κ1) is 19.6. The standard InChI is InChI=1S/C17H25N3O4/c1-11(2)10-14(18)17(23)20-13-6-4-12(5-7-13)16(22)19-9-8-15(21)24-3/h4-7,11,14H,8-10,18H2,1-3H3,(H,19,22)(H,20,23)/t14-/m0/s1. The number of benzene rings is 1. The van der Waals surface area contributed by atoms with Crippen molar-refractivity contribution in [3.8, 4) is 0 Å². The molecule has 24 heavy (non-hydrogen) atoms. The van der Waals surface area contributed by atoms with Gasteiger partial charge in [0.15, 0.2) is 0 Å². The third-order valence-electron chi connectivity index (χ3n) is 3.32. The highest BCUT2D eigenvalue weighted by Gasteiger charge is 2.15. The highest BCUT2D eigenvalue weighted by molar-refractivity contribution is 5.97. The fourth-order valence-corrected chi connectivity index (χ4v) is 2.04. The number of hydrogen-bond donors (Lipinski definition) is 3. The molecule has 0 heterocycles. The second kappa shape index (κ2) is 9.67. The molecule has 0 aliphatic rings. The maximum absolute atomic E-state index is 11.9. The van der Waals surface area contributed by atoms with Crippen LogP contribution in [0.4, 0.5) is 5.69 Å². The SMILES string of the molecule is COC(=O)CCNC(=O)c1ccc(NC(=O)[C@@H](N)CC(C)C)cc1. The zero-order valence-corrected chi connectivity index (χ0v) is 14.3. The van der Waals surface area contributed by atoms with Gasteiger partial charge in [-0.3, -0.25) is 14.4 Å². The molecule has 1 rings (SSSR count). The number of nitrogens with one attached hydrogen (secondary N) is 2. The fourth-order valence-electron chi connectivity index (χ4n) is 2.04. The van der Waals surface area contributed by atoms with Crippen LogP contribution in [-0.4, -0.2) is 37.5 Å². The summed E-state index contributed by atoms with van der Waals surface area (Å²) in [4.78, 5) is 34.8. The average Bonchev–Trinajstić information content (AvgIpc) is 2.54. The molecule has 0 aliphatic carbocycles. The van der Waals surface area contributed by atoms with E-state index in [2.05, 4.69) is 15.4 Å². The van der Waals surface area contributed by atoms with Crippen molar-refractivity contribution in [1.29, 1.82) is 0 Å². The van der Waals surface area contributed by atoms with Crippen molar-refractivity contribution in [3.05, 3.63) is 29.8 Å². The monoisotopic (exact) mass is 335 g/mol. The predicted octanol–water partition coefficient (Wildman–Crippen LogP) is 1.29. The average molecular weight is 335 g/mol. The van der Waals surface area contributed by atoms with Gasteiger partial charge in [0.1, 0.15) is 0 Å². The largest absolute Gasteiger partial charge is 0.469 e. The second-order valence-corrected chi connectivity index (χ2v) is 5.88. The Bertz CT molecular complexity index is 570. The number of ether oxygens (including phenoxy) is 1. The van der Waals surface area contributed by atoms with Crippen LogP contribution in [0.2, 0.25) is 0 Å². The third-order valence-corrected chi connectivity index (χ3v) is 3.32. The molecule has 0 fully saturated rings. The molecule has 0 aliphatic heterocycles. The number of hydrogen-bond acceptors (Lipinski definition) is 5. The highest BCUT2D eigenvalue weighted by atomic mass is 16.5. The number of esters is 1. The Kier molecular flexibility index (Phi) is 7.91. The molecule has 0 saturated heterocycles. The zero-order valence-electron chi connectivity index (χ0n) is 14.3. The zero-order chi connectivity index (χ0) is 18.1. The van der Waals surface area contributed by atoms with Crippen molar-refractivity contribution in [2.24, 2.45) is 11.7 Å². The highest BCUT2D eigenvalue weighted by Crippen LogP contribution is 2.11. The lowest BCUT2D eigenvalue weighted by atomic mass is 10.0. The van der Waals surface area contributed by atoms with E-state index in [9.17, 15) is 14.4 Å². The van der Waals surface area contributed by atoms with Crippen LogP contribution in [0.1, 0.15) is 37.0 Å². The quantitative estimate of drug-likeness (QED) is 0.620. The van der Waals surface area contributed by atoms with Gasteiger partial charge in [-0.2, -0.15) is 0 Å². The summed E-state index contributed by atoms with van der Waals surface area (Å²) in [7, 11) is 1.30. The molecule has 1 aromatic carbocycles. The van der Waals surface area contributed by atoms with Crippen molar-refractivity contribution < 1.29 is 19.1 Å². The molecule has 0 saturated carbocycles. The van der Waals surface area contributed by atoms with Crippen LogP contribution in [-0.2, 0) is 14.3 Å². The first-order valence-electron chi connectivity index (χ1n) is 7.85. The van der Waals surface area contributed by atoms with Crippen LogP contribution in [0.5, 0.6) is 0 Å². The lowest BCUT2D eigenvalue weighted by Gasteiger charge is -2.14. The van der Waals surface area contributed by atoms with Crippen LogP contribution in [0.25, 0.3) is 0 Å². The molecule has 0 bridgehead atoms. The van der Waals surface area contributed by atoms with E-state index in [1.165, 1.54) is 7.11 Å². The van der Waals surface area contributed by atoms with Crippen LogP contribution in [0, 0.1) is 5.92 Å². The normalized spacial score (nSPS) is 11.7. The summed E-state index contributed by atoms with van der Waals surface area (Å²) < 4.78 is 4.49. The van der Waals surface area contributed by atoms with Gasteiger partial charge in [0.05, 0.1) is 19.6 Å². The summed E-state index contributed by atoms with van der Waals surface area (Å²) in [6.45, 7) is 4.20. The van der Waals surface area contributed by atoms with Gasteiger partial charge in [-0.1, -0.05) is 13.8 Å². The molecule has 4 N–H and O–H groups in total. The van der Waals surface area contributed by atoms with Crippen molar-refractivity contribution in [1.82, 2.24) is 5.32 Å². The maximum Gasteiger partial charge on any atom is 0.307 e. The van der Waals surface area contributed by atoms with Gasteiger partial charge in [-0.15, -0.1) is 0 Å². The molecular formula is C17H25N3O4. The Morgan fingerprint density at radius 1 is 1.17 bits per heavy atom. The van der Waals surface area contributed by atoms with E-state index in [0.717, 1.165) is 0 Å². The third kappa shape index (κ3) is 6.78. The fraction of sp³-hybridized carbons (Fsp3) is 0.471. The number of amides is 2. The molecule has 0 aromatic heterocycles. The molecule has 7 nitrogen and oxygen atoms in total. The molecule has 132 valence electrons. The number of methoxy groups -OCH3 is 1. The summed E-state index contributed by atoms with van der Waals surface area (Å²) in [5.41, 5.74) is 6.83. The van der Waals surface area contributed by atoms with E-state index in [0.29, 0.717) is 23.6 Å². The molecule has 2 amide bonds. The van der Waals surface area contributed by atoms with Crippen LogP contribution < -0.4 is 16.4 Å². The Morgan fingerprint density at radius 2 is 1.79 bits per heavy atom. The first-order chi connectivity index (χ1) is 11.3. The predicted molar refractivity (Wildman–Crippen MR) is 91.5 cm³/mol. The molecular weight excluding hydrogens is 310 g/mol. The molecule has 1 aromatic rings. The van der Waals surface area contributed by atoms with E-state index in [1.807, 2.05) is 13.8 Å². The second-order valence-electron chi connectivity index (χ2n) is 5.88. The van der Waals surface area contributed by atoms with E-state index < -0.39 is 6.04 Å². The first-order valence-corrected chi connectivity index (χ1v) is 7.85. The topological polar surface area (TPSA) is 111 Å². The molecule has 7 heteroatoms. The van der Waals surface area contributed by atoms with E-state index >= 15 is 0 Å². The van der Waals surface area contributed by atoms with Gasteiger partial charge < -0.3 is 21.1 Å². The number of nitrogens with two attached hydrogens (primary N) is 1. The summed E-state index contributed by atoms with van der Waals surface area (Å²) >= 11 is 0. The lowest BCUT2D eigenvalue weighted by molar-refractivity contribution is -0.140. The minimum atomic E-state index is -0.564. The van der Waals surface area contributed by atoms with Crippen LogP contribution in [0.15, 0.2) is 24.3 Å². The summed E-state index contributed by atoms with van der Waals surface area (Å²) in [6.07, 6.45) is 0.719. The molecule has 0 unspecified atom stereocenters. The van der Waals surface area contributed by atoms with Crippen LogP contribution >= 0.6 is 0 Å². The maximum atomic E-state index is 11.9. The Hall–Kier alpha value is -2.41. The van der Waals surface area contributed by atoms with Crippen molar-refractivity contribution in [2.75, 3.05) is 19.0 Å². The smallest absolute Gasteiger partial charge is 0.307 e. The summed E-state index contributed by atoms with van der Waals surface area (Å²) in [5.74, 6) is -0.597. The van der Waals surface area contributed by atoms with Gasteiger partial charge in [-0.25, -0.2) is 0 Å². The molecule has 0 spiro atoms. The number of anilines is 1. The lowest BCUT2D eigenvalue weighted by Crippen LogP contribution is -2.36. The minimum absolute atomic E-state index is 0.115. The van der Waals surface area contributed by atoms with Crippen molar-refractivity contribution in [3.63, 3.8) is 0 Å². The van der Waals surface area contributed by atoms with Gasteiger partial charge in [0.25, 0.3) is 5.91 Å². The van der Waals surface area contributed by atoms with Crippen molar-refractivity contribution in [2.45, 2.75) is 32.7 Å². The van der Waals surface area contributed by atoms with Gasteiger partial charge >= 0.3 is 5.97 Å². The summed E-state index contributed by atoms with van der Waals surface area (Å²) in [5, 5.41) is 5.34. The number of carbonyl (C=O) groups is 3. The van der Waals surface area contributed by atoms with Gasteiger partial charge in [0.2, 0.25) is 5.91 Å². The molecule has 0 radical (unpaired) electrons. The number of rotatable bonds is 8. The van der Waals surface area contributed by atoms with Crippen LogP contribution in [0.3, 0.4) is 0 Å². The van der Waals surface area contributed by atoms with E-state index in [1.54, 1.807) is 24.3 Å². The molecule has 1 atom stereocenters. The van der Waals surface area contributed by atoms with E-state index in [-0.39, 0.29) is 30.7 Å². The number of carbonyl (C=O) groups excluding carboxylic acids is 3. The Labute approximate surface area is 141 Å².